The SMILES string of the molecule is CCc1c(N)ncnc1NCc1ccc(C)cc1. The third-order valence-electron chi connectivity index (χ3n) is 2.91. The third-order valence-corrected chi connectivity index (χ3v) is 2.91. The maximum atomic E-state index is 5.83. The molecule has 4 heteroatoms. The molecule has 0 bridgehead atoms. The Morgan fingerprint density at radius 1 is 1.17 bits per heavy atom. The van der Waals surface area contributed by atoms with Crippen molar-refractivity contribution in [1.82, 2.24) is 9.97 Å². The molecule has 18 heavy (non-hydrogen) atoms. The van der Waals surface area contributed by atoms with E-state index in [0.29, 0.717) is 5.82 Å². The van der Waals surface area contributed by atoms with Gasteiger partial charge in [-0.05, 0) is 18.9 Å². The van der Waals surface area contributed by atoms with Crippen molar-refractivity contribution in [3.8, 4) is 0 Å². The van der Waals surface area contributed by atoms with Crippen LogP contribution in [0.15, 0.2) is 30.6 Å². The van der Waals surface area contributed by atoms with Gasteiger partial charge in [-0.1, -0.05) is 36.8 Å². The summed E-state index contributed by atoms with van der Waals surface area (Å²) in [7, 11) is 0. The van der Waals surface area contributed by atoms with Crippen LogP contribution in [0.5, 0.6) is 0 Å². The lowest BCUT2D eigenvalue weighted by molar-refractivity contribution is 1.02. The summed E-state index contributed by atoms with van der Waals surface area (Å²) in [4.78, 5) is 8.24. The molecule has 0 aliphatic heterocycles. The molecule has 0 fully saturated rings. The Morgan fingerprint density at radius 2 is 1.89 bits per heavy atom. The first-order valence-corrected chi connectivity index (χ1v) is 6.09. The lowest BCUT2D eigenvalue weighted by Crippen LogP contribution is -2.07. The van der Waals surface area contributed by atoms with Gasteiger partial charge in [0, 0.05) is 12.1 Å². The van der Waals surface area contributed by atoms with Crippen LogP contribution >= 0.6 is 0 Å². The Bertz CT molecular complexity index is 520. The van der Waals surface area contributed by atoms with E-state index in [1.165, 1.54) is 17.5 Å². The first kappa shape index (κ1) is 12.4. The molecule has 0 unspecified atom stereocenters. The highest BCUT2D eigenvalue weighted by Crippen LogP contribution is 2.18. The fraction of sp³-hybridized carbons (Fsp3) is 0.286. The van der Waals surface area contributed by atoms with E-state index in [9.17, 15) is 0 Å². The first-order valence-electron chi connectivity index (χ1n) is 6.09. The van der Waals surface area contributed by atoms with Crippen molar-refractivity contribution in [1.29, 1.82) is 0 Å². The highest BCUT2D eigenvalue weighted by Gasteiger charge is 2.06. The van der Waals surface area contributed by atoms with Crippen LogP contribution < -0.4 is 11.1 Å². The molecule has 0 saturated carbocycles. The predicted molar refractivity (Wildman–Crippen MR) is 74.3 cm³/mol. The second-order valence-corrected chi connectivity index (χ2v) is 4.28. The van der Waals surface area contributed by atoms with Gasteiger partial charge in [0.05, 0.1) is 0 Å². The number of aromatic nitrogens is 2. The summed E-state index contributed by atoms with van der Waals surface area (Å²) in [5.74, 6) is 1.38. The van der Waals surface area contributed by atoms with Gasteiger partial charge in [0.1, 0.15) is 18.0 Å². The lowest BCUT2D eigenvalue weighted by Gasteiger charge is -2.11. The van der Waals surface area contributed by atoms with Gasteiger partial charge in [-0.3, -0.25) is 0 Å². The van der Waals surface area contributed by atoms with Gasteiger partial charge >= 0.3 is 0 Å². The highest BCUT2D eigenvalue weighted by molar-refractivity contribution is 5.55. The van der Waals surface area contributed by atoms with Gasteiger partial charge in [-0.15, -0.1) is 0 Å². The third kappa shape index (κ3) is 2.77. The van der Waals surface area contributed by atoms with Crippen molar-refractivity contribution < 1.29 is 0 Å². The summed E-state index contributed by atoms with van der Waals surface area (Å²) in [5, 5.41) is 3.31. The average molecular weight is 242 g/mol. The quantitative estimate of drug-likeness (QED) is 0.864. The summed E-state index contributed by atoms with van der Waals surface area (Å²) in [5.41, 5.74) is 9.29. The molecule has 0 aliphatic rings. The number of hydrogen-bond acceptors (Lipinski definition) is 4. The summed E-state index contributed by atoms with van der Waals surface area (Å²) >= 11 is 0. The van der Waals surface area contributed by atoms with E-state index >= 15 is 0 Å². The van der Waals surface area contributed by atoms with Gasteiger partial charge < -0.3 is 11.1 Å². The van der Waals surface area contributed by atoms with Crippen LogP contribution in [-0.2, 0) is 13.0 Å². The Balaban J connectivity index is 2.10. The summed E-state index contributed by atoms with van der Waals surface area (Å²) < 4.78 is 0. The zero-order chi connectivity index (χ0) is 13.0. The number of benzene rings is 1. The molecule has 1 aromatic heterocycles. The van der Waals surface area contributed by atoms with E-state index in [0.717, 1.165) is 24.3 Å². The molecule has 94 valence electrons. The van der Waals surface area contributed by atoms with Gasteiger partial charge in [-0.2, -0.15) is 0 Å². The molecule has 0 saturated heterocycles. The van der Waals surface area contributed by atoms with E-state index in [1.807, 2.05) is 6.92 Å². The highest BCUT2D eigenvalue weighted by atomic mass is 15.0. The zero-order valence-corrected chi connectivity index (χ0v) is 10.8. The molecule has 0 atom stereocenters. The molecule has 0 spiro atoms. The van der Waals surface area contributed by atoms with E-state index in [2.05, 4.69) is 46.5 Å². The summed E-state index contributed by atoms with van der Waals surface area (Å²) in [6.07, 6.45) is 2.31. The van der Waals surface area contributed by atoms with Crippen LogP contribution in [0.25, 0.3) is 0 Å². The van der Waals surface area contributed by atoms with Crippen molar-refractivity contribution in [2.45, 2.75) is 26.8 Å². The largest absolute Gasteiger partial charge is 0.383 e. The van der Waals surface area contributed by atoms with E-state index in [1.54, 1.807) is 0 Å². The zero-order valence-electron chi connectivity index (χ0n) is 10.8. The summed E-state index contributed by atoms with van der Waals surface area (Å²) in [6.45, 7) is 4.87. The average Bonchev–Trinajstić information content (AvgIpc) is 2.38. The molecular formula is C14H18N4. The molecule has 0 radical (unpaired) electrons. The van der Waals surface area contributed by atoms with Gasteiger partial charge in [-0.25, -0.2) is 9.97 Å². The monoisotopic (exact) mass is 242 g/mol. The normalized spacial score (nSPS) is 10.3. The fourth-order valence-corrected chi connectivity index (χ4v) is 1.82. The van der Waals surface area contributed by atoms with Gasteiger partial charge in [0.2, 0.25) is 0 Å². The van der Waals surface area contributed by atoms with Crippen LogP contribution in [0, 0.1) is 6.92 Å². The van der Waals surface area contributed by atoms with Crippen LogP contribution in [0.2, 0.25) is 0 Å². The van der Waals surface area contributed by atoms with E-state index in [4.69, 9.17) is 5.73 Å². The molecule has 2 aromatic rings. The predicted octanol–water partition coefficient (Wildman–Crippen LogP) is 2.54. The Labute approximate surface area is 107 Å². The number of nitrogens with zero attached hydrogens (tertiary/aromatic N) is 2. The molecule has 2 rings (SSSR count). The minimum absolute atomic E-state index is 0.555. The number of aryl methyl sites for hydroxylation is 1. The topological polar surface area (TPSA) is 63.8 Å². The second-order valence-electron chi connectivity index (χ2n) is 4.28. The van der Waals surface area contributed by atoms with Gasteiger partial charge in [0.15, 0.2) is 0 Å². The molecule has 1 heterocycles. The fourth-order valence-electron chi connectivity index (χ4n) is 1.82. The number of anilines is 2. The molecule has 1 aromatic carbocycles. The van der Waals surface area contributed by atoms with Crippen molar-refractivity contribution in [2.75, 3.05) is 11.1 Å². The van der Waals surface area contributed by atoms with Crippen molar-refractivity contribution >= 4 is 11.6 Å². The van der Waals surface area contributed by atoms with E-state index < -0.39 is 0 Å². The Kier molecular flexibility index (Phi) is 3.77. The second kappa shape index (κ2) is 5.49. The number of hydrogen-bond donors (Lipinski definition) is 2. The molecule has 0 aliphatic carbocycles. The standard InChI is InChI=1S/C14H18N4/c1-3-12-13(15)17-9-18-14(12)16-8-11-6-4-10(2)5-7-11/h4-7,9H,3,8H2,1-2H3,(H3,15,16,17,18). The molecule has 0 amide bonds. The summed E-state index contributed by atoms with van der Waals surface area (Å²) in [6, 6.07) is 8.43. The molecular weight excluding hydrogens is 224 g/mol. The maximum Gasteiger partial charge on any atom is 0.134 e. The number of nitrogens with two attached hydrogens (primary N) is 1. The molecule has 3 N–H and O–H groups in total. The van der Waals surface area contributed by atoms with Crippen molar-refractivity contribution in [2.24, 2.45) is 0 Å². The number of rotatable bonds is 4. The van der Waals surface area contributed by atoms with E-state index in [-0.39, 0.29) is 0 Å². The van der Waals surface area contributed by atoms with Crippen LogP contribution in [-0.4, -0.2) is 9.97 Å². The van der Waals surface area contributed by atoms with Crippen LogP contribution in [0.4, 0.5) is 11.6 Å². The smallest absolute Gasteiger partial charge is 0.134 e. The Morgan fingerprint density at radius 3 is 2.56 bits per heavy atom. The first-order chi connectivity index (χ1) is 8.70. The number of nitrogens with one attached hydrogen (secondary N) is 1. The molecule has 4 nitrogen and oxygen atoms in total. The lowest BCUT2D eigenvalue weighted by atomic mass is 10.1. The van der Waals surface area contributed by atoms with Crippen molar-refractivity contribution in [3.63, 3.8) is 0 Å². The van der Waals surface area contributed by atoms with Crippen LogP contribution in [0.3, 0.4) is 0 Å². The Hall–Kier alpha value is -2.10. The number of nitrogen functional groups attached to an aromatic ring is 1. The minimum atomic E-state index is 0.555. The van der Waals surface area contributed by atoms with Crippen molar-refractivity contribution in [3.05, 3.63) is 47.3 Å². The maximum absolute atomic E-state index is 5.83. The minimum Gasteiger partial charge on any atom is -0.383 e. The van der Waals surface area contributed by atoms with Gasteiger partial charge in [0.25, 0.3) is 0 Å². The van der Waals surface area contributed by atoms with Crippen LogP contribution in [0.1, 0.15) is 23.6 Å².